The minimum atomic E-state index is -0.516. The molecule has 4 heterocycles. The van der Waals surface area contributed by atoms with Crippen molar-refractivity contribution < 1.29 is 9.53 Å². The summed E-state index contributed by atoms with van der Waals surface area (Å²) < 4.78 is 5.69. The highest BCUT2D eigenvalue weighted by molar-refractivity contribution is 6.28. The molecular weight excluding hydrogens is 474 g/mol. The second-order valence-corrected chi connectivity index (χ2v) is 10.9. The zero-order valence-corrected chi connectivity index (χ0v) is 21.4. The number of amides is 1. The lowest BCUT2D eigenvalue weighted by atomic mass is 10.0. The SMILES string of the molecule is CC(C)(C)OC(=O)N1C2CCC1CN(c1nc(Cl)nc3cc(-c4cccc5ccccc45)ncc13)C2. The van der Waals surface area contributed by atoms with E-state index in [1.165, 1.54) is 0 Å². The number of piperazine rings is 1. The maximum absolute atomic E-state index is 12.9. The minimum absolute atomic E-state index is 0.0744. The third-order valence-corrected chi connectivity index (χ3v) is 7.15. The van der Waals surface area contributed by atoms with E-state index in [0.717, 1.165) is 51.6 Å². The predicted molar refractivity (Wildman–Crippen MR) is 142 cm³/mol. The average molecular weight is 502 g/mol. The van der Waals surface area contributed by atoms with Gasteiger partial charge in [0.15, 0.2) is 0 Å². The number of anilines is 1. The van der Waals surface area contributed by atoms with Gasteiger partial charge in [0.25, 0.3) is 0 Å². The van der Waals surface area contributed by atoms with E-state index >= 15 is 0 Å². The molecule has 2 aromatic carbocycles. The molecule has 2 aliphatic rings. The molecule has 2 atom stereocenters. The molecule has 0 saturated carbocycles. The average Bonchev–Trinajstić information content (AvgIpc) is 3.11. The first-order valence-electron chi connectivity index (χ1n) is 12.3. The molecule has 2 aliphatic heterocycles. The van der Waals surface area contributed by atoms with Crippen molar-refractivity contribution in [2.45, 2.75) is 51.3 Å². The zero-order chi connectivity index (χ0) is 25.0. The van der Waals surface area contributed by atoms with Crippen LogP contribution < -0.4 is 4.90 Å². The summed E-state index contributed by atoms with van der Waals surface area (Å²) in [6.45, 7) is 7.04. The summed E-state index contributed by atoms with van der Waals surface area (Å²) in [6, 6.07) is 16.6. The smallest absolute Gasteiger partial charge is 0.410 e. The fourth-order valence-electron chi connectivity index (χ4n) is 5.51. The number of carbonyl (C=O) groups is 1. The van der Waals surface area contributed by atoms with Crippen molar-refractivity contribution in [2.24, 2.45) is 0 Å². The van der Waals surface area contributed by atoms with E-state index in [4.69, 9.17) is 21.3 Å². The van der Waals surface area contributed by atoms with Crippen molar-refractivity contribution in [3.05, 3.63) is 60.0 Å². The summed E-state index contributed by atoms with van der Waals surface area (Å²) in [6.07, 6.45) is 3.50. The number of benzene rings is 2. The molecule has 2 unspecified atom stereocenters. The Balaban J connectivity index is 1.34. The maximum Gasteiger partial charge on any atom is 0.410 e. The molecular formula is C28H28ClN5O2. The van der Waals surface area contributed by atoms with Gasteiger partial charge in [-0.1, -0.05) is 42.5 Å². The van der Waals surface area contributed by atoms with Crippen molar-refractivity contribution >= 4 is 45.2 Å². The largest absolute Gasteiger partial charge is 0.444 e. The number of nitrogens with zero attached hydrogens (tertiary/aromatic N) is 5. The van der Waals surface area contributed by atoms with Crippen LogP contribution in [0, 0.1) is 0 Å². The van der Waals surface area contributed by atoms with Crippen LogP contribution in [0.4, 0.5) is 10.6 Å². The van der Waals surface area contributed by atoms with Crippen LogP contribution in [0.1, 0.15) is 33.6 Å². The first-order valence-corrected chi connectivity index (χ1v) is 12.7. The van der Waals surface area contributed by atoms with Gasteiger partial charge in [-0.25, -0.2) is 9.78 Å². The monoisotopic (exact) mass is 501 g/mol. The van der Waals surface area contributed by atoms with Crippen LogP contribution >= 0.6 is 11.6 Å². The van der Waals surface area contributed by atoms with E-state index in [2.05, 4.69) is 39.1 Å². The van der Waals surface area contributed by atoms with E-state index < -0.39 is 5.60 Å². The van der Waals surface area contributed by atoms with E-state index in [1.54, 1.807) is 0 Å². The first kappa shape index (κ1) is 23.0. The van der Waals surface area contributed by atoms with Gasteiger partial charge in [-0.2, -0.15) is 4.98 Å². The Morgan fingerprint density at radius 2 is 1.72 bits per heavy atom. The highest BCUT2D eigenvalue weighted by atomic mass is 35.5. The number of hydrogen-bond donors (Lipinski definition) is 0. The highest BCUT2D eigenvalue weighted by Gasteiger charge is 2.45. The topological polar surface area (TPSA) is 71.5 Å². The van der Waals surface area contributed by atoms with Crippen LogP contribution in [-0.2, 0) is 4.74 Å². The molecule has 184 valence electrons. The Labute approximate surface area is 215 Å². The normalized spacial score (nSPS) is 19.8. The van der Waals surface area contributed by atoms with Crippen LogP contribution in [0.2, 0.25) is 5.28 Å². The number of fused-ring (bicyclic) bond motifs is 4. The summed E-state index contributed by atoms with van der Waals surface area (Å²) in [5, 5.41) is 3.36. The molecule has 1 amide bonds. The Bertz CT molecular complexity index is 1470. The molecule has 8 heteroatoms. The molecule has 2 bridgehead atoms. The molecule has 0 spiro atoms. The standard InChI is InChI=1S/C28H28ClN5O2/c1-28(2,3)36-27(35)34-18-11-12-19(34)16-33(15-18)25-22-14-30-23(13-24(22)31-26(29)32-25)21-10-6-8-17-7-4-5-9-20(17)21/h4-10,13-14,18-19H,11-12,15-16H2,1-3H3. The molecule has 36 heavy (non-hydrogen) atoms. The number of ether oxygens (including phenoxy) is 1. The van der Waals surface area contributed by atoms with Gasteiger partial charge in [0.1, 0.15) is 11.4 Å². The van der Waals surface area contributed by atoms with Gasteiger partial charge in [-0.3, -0.25) is 9.88 Å². The quantitative estimate of drug-likeness (QED) is 0.310. The lowest BCUT2D eigenvalue weighted by Crippen LogP contribution is -2.57. The number of pyridine rings is 1. The van der Waals surface area contributed by atoms with Crippen LogP contribution in [0.5, 0.6) is 0 Å². The molecule has 2 saturated heterocycles. The van der Waals surface area contributed by atoms with Gasteiger partial charge >= 0.3 is 6.09 Å². The highest BCUT2D eigenvalue weighted by Crippen LogP contribution is 2.37. The third kappa shape index (κ3) is 4.11. The Morgan fingerprint density at radius 1 is 1.00 bits per heavy atom. The van der Waals surface area contributed by atoms with Gasteiger partial charge in [-0.05, 0) is 62.1 Å². The number of carbonyl (C=O) groups excluding carboxylic acids is 1. The van der Waals surface area contributed by atoms with Gasteiger partial charge < -0.3 is 9.64 Å². The summed E-state index contributed by atoms with van der Waals surface area (Å²) in [5.74, 6) is 0.766. The van der Waals surface area contributed by atoms with Crippen molar-refractivity contribution in [2.75, 3.05) is 18.0 Å². The van der Waals surface area contributed by atoms with E-state index in [1.807, 2.05) is 56.1 Å². The molecule has 2 aromatic heterocycles. The number of halogens is 1. The van der Waals surface area contributed by atoms with Crippen molar-refractivity contribution in [3.8, 4) is 11.3 Å². The molecule has 7 nitrogen and oxygen atoms in total. The van der Waals surface area contributed by atoms with Crippen LogP contribution in [0.25, 0.3) is 32.9 Å². The van der Waals surface area contributed by atoms with Gasteiger partial charge in [0.2, 0.25) is 5.28 Å². The van der Waals surface area contributed by atoms with Crippen LogP contribution in [0.3, 0.4) is 0 Å². The van der Waals surface area contributed by atoms with Crippen LogP contribution in [0.15, 0.2) is 54.7 Å². The van der Waals surface area contributed by atoms with Gasteiger partial charge in [0.05, 0.1) is 28.7 Å². The minimum Gasteiger partial charge on any atom is -0.444 e. The summed E-state index contributed by atoms with van der Waals surface area (Å²) in [4.78, 5) is 31.0. The Hall–Kier alpha value is -3.45. The second-order valence-electron chi connectivity index (χ2n) is 10.6. The number of aromatic nitrogens is 3. The lowest BCUT2D eigenvalue weighted by Gasteiger charge is -2.42. The van der Waals surface area contributed by atoms with Gasteiger partial charge in [-0.15, -0.1) is 0 Å². The summed E-state index contributed by atoms with van der Waals surface area (Å²) in [7, 11) is 0. The molecule has 0 radical (unpaired) electrons. The number of hydrogen-bond acceptors (Lipinski definition) is 6. The maximum atomic E-state index is 12.9. The lowest BCUT2D eigenvalue weighted by molar-refractivity contribution is 0.0123. The molecule has 6 rings (SSSR count). The van der Waals surface area contributed by atoms with Gasteiger partial charge in [0, 0.05) is 24.8 Å². The van der Waals surface area contributed by atoms with Crippen molar-refractivity contribution in [1.82, 2.24) is 19.9 Å². The van der Waals surface area contributed by atoms with E-state index in [0.29, 0.717) is 13.1 Å². The van der Waals surface area contributed by atoms with Crippen molar-refractivity contribution in [3.63, 3.8) is 0 Å². The predicted octanol–water partition coefficient (Wildman–Crippen LogP) is 6.09. The first-order chi connectivity index (χ1) is 17.3. The molecule has 4 aromatic rings. The summed E-state index contributed by atoms with van der Waals surface area (Å²) >= 11 is 6.42. The number of rotatable bonds is 2. The van der Waals surface area contributed by atoms with Crippen molar-refractivity contribution in [1.29, 1.82) is 0 Å². The third-order valence-electron chi connectivity index (χ3n) is 6.99. The molecule has 2 fully saturated rings. The zero-order valence-electron chi connectivity index (χ0n) is 20.6. The second kappa shape index (κ2) is 8.59. The van der Waals surface area contributed by atoms with E-state index in [-0.39, 0.29) is 23.5 Å². The Kier molecular flexibility index (Phi) is 5.48. The van der Waals surface area contributed by atoms with Crippen LogP contribution in [-0.4, -0.2) is 56.7 Å². The Morgan fingerprint density at radius 3 is 2.47 bits per heavy atom. The fraction of sp³-hybridized carbons (Fsp3) is 0.357. The fourth-order valence-corrected chi connectivity index (χ4v) is 5.68. The summed E-state index contributed by atoms with van der Waals surface area (Å²) in [5.41, 5.74) is 2.13. The molecule has 0 N–H and O–H groups in total. The van der Waals surface area contributed by atoms with E-state index in [9.17, 15) is 4.79 Å². The molecule has 0 aliphatic carbocycles.